The molecular weight excluding hydrogens is 226 g/mol. The second kappa shape index (κ2) is 7.21. The van der Waals surface area contributed by atoms with Crippen LogP contribution in [0.1, 0.15) is 27.2 Å². The number of likely N-dealkylation sites (N-methyl/N-ethyl adjacent to an activating group) is 1. The van der Waals surface area contributed by atoms with Crippen molar-refractivity contribution in [3.63, 3.8) is 0 Å². The molecule has 0 aromatic carbocycles. The van der Waals surface area contributed by atoms with Gasteiger partial charge in [0.1, 0.15) is 5.82 Å². The normalized spacial score (nSPS) is 12.6. The first-order chi connectivity index (χ1) is 8.58. The van der Waals surface area contributed by atoms with Gasteiger partial charge < -0.3 is 15.3 Å². The molecule has 4 nitrogen and oxygen atoms in total. The number of aliphatic hydroxyl groups is 1. The van der Waals surface area contributed by atoms with Crippen LogP contribution in [0.2, 0.25) is 0 Å². The van der Waals surface area contributed by atoms with Crippen LogP contribution < -0.4 is 10.2 Å². The lowest BCUT2D eigenvalue weighted by molar-refractivity contribution is 0.304. The minimum absolute atomic E-state index is 0.155. The molecule has 0 aliphatic carbocycles. The summed E-state index contributed by atoms with van der Waals surface area (Å²) in [7, 11) is 1.95. The minimum atomic E-state index is 0.155. The number of rotatable bonds is 7. The standard InChI is InChI=1S/C14H25N3O/c1-5-13(11(2)3)16-14-7-6-12(10-15-14)17(4)8-9-18/h6-7,10-11,13,18H,5,8-9H2,1-4H3,(H,15,16). The first-order valence-corrected chi connectivity index (χ1v) is 6.63. The van der Waals surface area contributed by atoms with E-state index in [1.54, 1.807) is 0 Å². The van der Waals surface area contributed by atoms with Gasteiger partial charge in [-0.1, -0.05) is 20.8 Å². The van der Waals surface area contributed by atoms with Crippen molar-refractivity contribution in [1.29, 1.82) is 0 Å². The third kappa shape index (κ3) is 4.18. The van der Waals surface area contributed by atoms with Gasteiger partial charge in [-0.25, -0.2) is 4.98 Å². The molecule has 1 atom stereocenters. The van der Waals surface area contributed by atoms with Gasteiger partial charge in [-0.3, -0.25) is 0 Å². The lowest BCUT2D eigenvalue weighted by Gasteiger charge is -2.22. The van der Waals surface area contributed by atoms with Crippen LogP contribution in [0, 0.1) is 5.92 Å². The molecule has 1 rings (SSSR count). The molecule has 4 heteroatoms. The lowest BCUT2D eigenvalue weighted by Crippen LogP contribution is -2.25. The molecule has 0 radical (unpaired) electrons. The van der Waals surface area contributed by atoms with E-state index >= 15 is 0 Å². The van der Waals surface area contributed by atoms with E-state index in [0.717, 1.165) is 17.9 Å². The fraction of sp³-hybridized carbons (Fsp3) is 0.643. The maximum absolute atomic E-state index is 8.89. The van der Waals surface area contributed by atoms with Crippen molar-refractivity contribution in [3.8, 4) is 0 Å². The molecule has 0 spiro atoms. The molecule has 0 saturated heterocycles. The summed E-state index contributed by atoms with van der Waals surface area (Å²) >= 11 is 0. The summed E-state index contributed by atoms with van der Waals surface area (Å²) in [5.74, 6) is 1.50. The molecule has 0 saturated carbocycles. The van der Waals surface area contributed by atoms with Crippen molar-refractivity contribution >= 4 is 11.5 Å². The number of nitrogens with zero attached hydrogens (tertiary/aromatic N) is 2. The third-order valence-corrected chi connectivity index (χ3v) is 3.20. The van der Waals surface area contributed by atoms with E-state index in [2.05, 4.69) is 31.1 Å². The summed E-state index contributed by atoms with van der Waals surface area (Å²) in [4.78, 5) is 6.40. The number of nitrogens with one attached hydrogen (secondary N) is 1. The summed E-state index contributed by atoms with van der Waals surface area (Å²) in [5, 5.41) is 12.3. The molecule has 0 aliphatic rings. The lowest BCUT2D eigenvalue weighted by atomic mass is 10.0. The van der Waals surface area contributed by atoms with Crippen molar-refractivity contribution in [3.05, 3.63) is 18.3 Å². The van der Waals surface area contributed by atoms with Crippen LogP contribution in [0.25, 0.3) is 0 Å². The summed E-state index contributed by atoms with van der Waals surface area (Å²) in [6.07, 6.45) is 2.93. The Kier molecular flexibility index (Phi) is 5.92. The number of aliphatic hydroxyl groups excluding tert-OH is 1. The highest BCUT2D eigenvalue weighted by Crippen LogP contribution is 2.16. The SMILES string of the molecule is CCC(Nc1ccc(N(C)CCO)cn1)C(C)C. The minimum Gasteiger partial charge on any atom is -0.395 e. The second-order valence-electron chi connectivity index (χ2n) is 4.95. The van der Waals surface area contributed by atoms with Crippen LogP contribution in [0.3, 0.4) is 0 Å². The third-order valence-electron chi connectivity index (χ3n) is 3.20. The molecule has 0 fully saturated rings. The summed E-state index contributed by atoms with van der Waals surface area (Å²) < 4.78 is 0. The Morgan fingerprint density at radius 3 is 2.56 bits per heavy atom. The van der Waals surface area contributed by atoms with Gasteiger partial charge in [-0.2, -0.15) is 0 Å². The Balaban J connectivity index is 2.65. The predicted molar refractivity (Wildman–Crippen MR) is 77.1 cm³/mol. The van der Waals surface area contributed by atoms with Crippen LogP contribution >= 0.6 is 0 Å². The molecule has 0 aliphatic heterocycles. The molecule has 0 bridgehead atoms. The molecule has 1 aromatic heterocycles. The van der Waals surface area contributed by atoms with Crippen LogP contribution in [0.15, 0.2) is 18.3 Å². The van der Waals surface area contributed by atoms with Gasteiger partial charge in [-0.15, -0.1) is 0 Å². The quantitative estimate of drug-likeness (QED) is 0.781. The molecular formula is C14H25N3O. The fourth-order valence-corrected chi connectivity index (χ4v) is 1.91. The summed E-state index contributed by atoms with van der Waals surface area (Å²) in [5.41, 5.74) is 1.02. The van der Waals surface area contributed by atoms with Gasteiger partial charge in [-0.05, 0) is 24.5 Å². The molecule has 0 amide bonds. The first-order valence-electron chi connectivity index (χ1n) is 6.63. The van der Waals surface area contributed by atoms with Crippen LogP contribution in [-0.4, -0.2) is 36.3 Å². The topological polar surface area (TPSA) is 48.4 Å². The smallest absolute Gasteiger partial charge is 0.126 e. The van der Waals surface area contributed by atoms with E-state index in [-0.39, 0.29) is 6.61 Å². The highest BCUT2D eigenvalue weighted by Gasteiger charge is 2.11. The van der Waals surface area contributed by atoms with Crippen molar-refractivity contribution in [2.24, 2.45) is 5.92 Å². The van der Waals surface area contributed by atoms with Crippen molar-refractivity contribution in [2.75, 3.05) is 30.4 Å². The zero-order valence-corrected chi connectivity index (χ0v) is 11.8. The molecule has 1 heterocycles. The monoisotopic (exact) mass is 251 g/mol. The Morgan fingerprint density at radius 1 is 1.39 bits per heavy atom. The number of anilines is 2. The average molecular weight is 251 g/mol. The Morgan fingerprint density at radius 2 is 2.11 bits per heavy atom. The highest BCUT2D eigenvalue weighted by molar-refractivity contribution is 5.49. The van der Waals surface area contributed by atoms with Gasteiger partial charge in [0.05, 0.1) is 18.5 Å². The van der Waals surface area contributed by atoms with E-state index in [9.17, 15) is 0 Å². The fourth-order valence-electron chi connectivity index (χ4n) is 1.91. The average Bonchev–Trinajstić information content (AvgIpc) is 2.36. The second-order valence-corrected chi connectivity index (χ2v) is 4.95. The predicted octanol–water partition coefficient (Wildman–Crippen LogP) is 2.36. The van der Waals surface area contributed by atoms with Gasteiger partial charge in [0.15, 0.2) is 0 Å². The largest absolute Gasteiger partial charge is 0.395 e. The van der Waals surface area contributed by atoms with Gasteiger partial charge in [0.2, 0.25) is 0 Å². The first kappa shape index (κ1) is 14.8. The van der Waals surface area contributed by atoms with Crippen LogP contribution in [-0.2, 0) is 0 Å². The highest BCUT2D eigenvalue weighted by atomic mass is 16.3. The van der Waals surface area contributed by atoms with Gasteiger partial charge in [0.25, 0.3) is 0 Å². The van der Waals surface area contributed by atoms with Crippen molar-refractivity contribution < 1.29 is 5.11 Å². The number of aromatic nitrogens is 1. The van der Waals surface area contributed by atoms with E-state index in [4.69, 9.17) is 5.11 Å². The number of hydrogen-bond donors (Lipinski definition) is 2. The van der Waals surface area contributed by atoms with Gasteiger partial charge >= 0.3 is 0 Å². The van der Waals surface area contributed by atoms with Crippen LogP contribution in [0.5, 0.6) is 0 Å². The molecule has 1 unspecified atom stereocenters. The molecule has 2 N–H and O–H groups in total. The summed E-state index contributed by atoms with van der Waals surface area (Å²) in [6, 6.07) is 4.48. The maximum Gasteiger partial charge on any atom is 0.126 e. The maximum atomic E-state index is 8.89. The molecule has 18 heavy (non-hydrogen) atoms. The van der Waals surface area contributed by atoms with Crippen LogP contribution in [0.4, 0.5) is 11.5 Å². The number of hydrogen-bond acceptors (Lipinski definition) is 4. The Labute approximate surface area is 110 Å². The van der Waals surface area contributed by atoms with E-state index in [1.165, 1.54) is 0 Å². The van der Waals surface area contributed by atoms with E-state index in [0.29, 0.717) is 18.5 Å². The summed E-state index contributed by atoms with van der Waals surface area (Å²) in [6.45, 7) is 7.38. The van der Waals surface area contributed by atoms with E-state index in [1.807, 2.05) is 30.3 Å². The zero-order chi connectivity index (χ0) is 13.5. The molecule has 1 aromatic rings. The van der Waals surface area contributed by atoms with Crippen molar-refractivity contribution in [1.82, 2.24) is 4.98 Å². The Hall–Kier alpha value is -1.29. The Bertz CT molecular complexity index is 337. The van der Waals surface area contributed by atoms with Crippen molar-refractivity contribution in [2.45, 2.75) is 33.2 Å². The van der Waals surface area contributed by atoms with E-state index < -0.39 is 0 Å². The van der Waals surface area contributed by atoms with Gasteiger partial charge in [0, 0.05) is 19.6 Å². The zero-order valence-electron chi connectivity index (χ0n) is 11.8. The number of pyridine rings is 1. The molecule has 102 valence electrons.